The zero-order valence-corrected chi connectivity index (χ0v) is 12.0. The number of hydrogen-bond donors (Lipinski definition) is 2. The normalized spacial score (nSPS) is 10.8. The Labute approximate surface area is 127 Å². The van der Waals surface area contributed by atoms with Crippen molar-refractivity contribution in [1.82, 2.24) is 15.3 Å². The minimum atomic E-state index is -0.346. The van der Waals surface area contributed by atoms with Gasteiger partial charge in [0, 0.05) is 18.5 Å². The van der Waals surface area contributed by atoms with E-state index in [-0.39, 0.29) is 11.7 Å². The maximum absolute atomic E-state index is 12.8. The molecule has 4 nitrogen and oxygen atoms in total. The van der Waals surface area contributed by atoms with E-state index in [4.69, 9.17) is 0 Å². The summed E-state index contributed by atoms with van der Waals surface area (Å²) in [5.41, 5.74) is 2.44. The second-order valence-corrected chi connectivity index (χ2v) is 5.07. The molecule has 0 atom stereocenters. The first-order valence-electron chi connectivity index (χ1n) is 7.20. The molecule has 3 aromatic rings. The molecule has 0 saturated carbocycles. The van der Waals surface area contributed by atoms with Gasteiger partial charge in [-0.1, -0.05) is 12.1 Å². The molecule has 3 rings (SSSR count). The Hall–Kier alpha value is -2.69. The minimum absolute atomic E-state index is 0.190. The summed E-state index contributed by atoms with van der Waals surface area (Å²) in [5.74, 6) is 0.378. The van der Waals surface area contributed by atoms with Gasteiger partial charge >= 0.3 is 0 Å². The van der Waals surface area contributed by atoms with E-state index in [1.165, 1.54) is 24.3 Å². The Morgan fingerprint density at radius 3 is 2.68 bits per heavy atom. The van der Waals surface area contributed by atoms with Crippen molar-refractivity contribution >= 4 is 16.9 Å². The third kappa shape index (κ3) is 3.31. The fourth-order valence-corrected chi connectivity index (χ4v) is 2.29. The van der Waals surface area contributed by atoms with E-state index >= 15 is 0 Å². The minimum Gasteiger partial charge on any atom is -0.352 e. The van der Waals surface area contributed by atoms with E-state index in [2.05, 4.69) is 15.3 Å². The Morgan fingerprint density at radius 2 is 1.91 bits per heavy atom. The Morgan fingerprint density at radius 1 is 1.14 bits per heavy atom. The average Bonchev–Trinajstić information content (AvgIpc) is 2.95. The summed E-state index contributed by atoms with van der Waals surface area (Å²) >= 11 is 0. The maximum atomic E-state index is 12.8. The molecular formula is C17H16FN3O. The quantitative estimate of drug-likeness (QED) is 0.711. The lowest BCUT2D eigenvalue weighted by molar-refractivity contribution is 0.0953. The first-order valence-corrected chi connectivity index (χ1v) is 7.20. The van der Waals surface area contributed by atoms with E-state index in [1.807, 2.05) is 24.3 Å². The van der Waals surface area contributed by atoms with Crippen molar-refractivity contribution in [2.45, 2.75) is 12.8 Å². The third-order valence-electron chi connectivity index (χ3n) is 3.42. The van der Waals surface area contributed by atoms with Gasteiger partial charge in [-0.3, -0.25) is 4.79 Å². The zero-order valence-electron chi connectivity index (χ0n) is 12.0. The van der Waals surface area contributed by atoms with Crippen molar-refractivity contribution in [3.8, 4) is 0 Å². The molecular weight excluding hydrogens is 281 g/mol. The first kappa shape index (κ1) is 14.3. The number of imidazole rings is 1. The highest BCUT2D eigenvalue weighted by Gasteiger charge is 2.05. The number of aromatic nitrogens is 2. The first-order chi connectivity index (χ1) is 10.7. The molecule has 1 aromatic heterocycles. The van der Waals surface area contributed by atoms with Crippen LogP contribution in [0.1, 0.15) is 22.6 Å². The molecule has 0 aliphatic rings. The molecule has 1 heterocycles. The number of benzene rings is 2. The molecule has 112 valence electrons. The molecule has 1 amide bonds. The summed E-state index contributed by atoms with van der Waals surface area (Å²) in [6.07, 6.45) is 1.55. The number of amides is 1. The Balaban J connectivity index is 1.49. The molecule has 0 unspecified atom stereocenters. The van der Waals surface area contributed by atoms with Gasteiger partial charge in [0.15, 0.2) is 0 Å². The van der Waals surface area contributed by atoms with Gasteiger partial charge in [0.1, 0.15) is 11.6 Å². The van der Waals surface area contributed by atoms with Gasteiger partial charge in [-0.2, -0.15) is 0 Å². The van der Waals surface area contributed by atoms with Crippen molar-refractivity contribution in [3.05, 3.63) is 65.7 Å². The number of H-pyrrole nitrogens is 1. The summed E-state index contributed by atoms with van der Waals surface area (Å²) in [6.45, 7) is 0.549. The fourth-order valence-electron chi connectivity index (χ4n) is 2.29. The van der Waals surface area contributed by atoms with Crippen LogP contribution in [0.5, 0.6) is 0 Å². The van der Waals surface area contributed by atoms with E-state index in [0.717, 1.165) is 29.7 Å². The predicted molar refractivity (Wildman–Crippen MR) is 83.1 cm³/mol. The summed E-state index contributed by atoms with van der Waals surface area (Å²) in [7, 11) is 0. The average molecular weight is 297 g/mol. The van der Waals surface area contributed by atoms with Crippen LogP contribution in [0.4, 0.5) is 4.39 Å². The van der Waals surface area contributed by atoms with Crippen LogP contribution in [0.25, 0.3) is 11.0 Å². The maximum Gasteiger partial charge on any atom is 0.251 e. The van der Waals surface area contributed by atoms with Gasteiger partial charge < -0.3 is 10.3 Å². The smallest absolute Gasteiger partial charge is 0.251 e. The lowest BCUT2D eigenvalue weighted by atomic mass is 10.2. The van der Waals surface area contributed by atoms with Gasteiger partial charge in [0.05, 0.1) is 11.0 Å². The monoisotopic (exact) mass is 297 g/mol. The number of aromatic amines is 1. The summed E-state index contributed by atoms with van der Waals surface area (Å²) < 4.78 is 12.8. The standard InChI is InChI=1S/C17H16FN3O/c18-13-9-7-12(8-10-13)17(22)19-11-3-6-16-20-14-4-1-2-5-15(14)21-16/h1-2,4-5,7-10H,3,6,11H2,(H,19,22)(H,20,21). The molecule has 22 heavy (non-hydrogen) atoms. The number of rotatable bonds is 5. The van der Waals surface area contributed by atoms with Crippen LogP contribution in [-0.2, 0) is 6.42 Å². The van der Waals surface area contributed by atoms with E-state index in [9.17, 15) is 9.18 Å². The number of nitrogens with one attached hydrogen (secondary N) is 2. The van der Waals surface area contributed by atoms with Crippen LogP contribution >= 0.6 is 0 Å². The van der Waals surface area contributed by atoms with Gasteiger partial charge in [0.25, 0.3) is 5.91 Å². The summed E-state index contributed by atoms with van der Waals surface area (Å²) in [5, 5.41) is 2.82. The lowest BCUT2D eigenvalue weighted by Crippen LogP contribution is -2.24. The highest BCUT2D eigenvalue weighted by Crippen LogP contribution is 2.11. The van der Waals surface area contributed by atoms with Crippen molar-refractivity contribution in [2.75, 3.05) is 6.54 Å². The fraction of sp³-hybridized carbons (Fsp3) is 0.176. The van der Waals surface area contributed by atoms with Crippen molar-refractivity contribution < 1.29 is 9.18 Å². The van der Waals surface area contributed by atoms with E-state index in [1.54, 1.807) is 0 Å². The van der Waals surface area contributed by atoms with Crippen LogP contribution in [0, 0.1) is 5.82 Å². The second-order valence-electron chi connectivity index (χ2n) is 5.07. The molecule has 0 spiro atoms. The molecule has 0 bridgehead atoms. The van der Waals surface area contributed by atoms with Crippen LogP contribution < -0.4 is 5.32 Å². The molecule has 2 N–H and O–H groups in total. The predicted octanol–water partition coefficient (Wildman–Crippen LogP) is 3.06. The highest BCUT2D eigenvalue weighted by molar-refractivity contribution is 5.94. The number of para-hydroxylation sites is 2. The van der Waals surface area contributed by atoms with Crippen LogP contribution in [0.15, 0.2) is 48.5 Å². The summed E-state index contributed by atoms with van der Waals surface area (Å²) in [6, 6.07) is 13.4. The van der Waals surface area contributed by atoms with Crippen molar-refractivity contribution in [3.63, 3.8) is 0 Å². The molecule has 0 radical (unpaired) electrons. The number of carbonyl (C=O) groups excluding carboxylic acids is 1. The third-order valence-corrected chi connectivity index (χ3v) is 3.42. The largest absolute Gasteiger partial charge is 0.352 e. The van der Waals surface area contributed by atoms with Crippen LogP contribution in [0.3, 0.4) is 0 Å². The van der Waals surface area contributed by atoms with Crippen LogP contribution in [0.2, 0.25) is 0 Å². The summed E-state index contributed by atoms with van der Waals surface area (Å²) in [4.78, 5) is 19.6. The number of carbonyl (C=O) groups is 1. The number of hydrogen-bond acceptors (Lipinski definition) is 2. The molecule has 0 aliphatic carbocycles. The SMILES string of the molecule is O=C(NCCCc1nc2ccccc2[nH]1)c1ccc(F)cc1. The number of aryl methyl sites for hydroxylation is 1. The van der Waals surface area contributed by atoms with E-state index < -0.39 is 0 Å². The van der Waals surface area contributed by atoms with E-state index in [0.29, 0.717) is 12.1 Å². The van der Waals surface area contributed by atoms with Crippen LogP contribution in [-0.4, -0.2) is 22.4 Å². The highest BCUT2D eigenvalue weighted by atomic mass is 19.1. The lowest BCUT2D eigenvalue weighted by Gasteiger charge is -2.04. The van der Waals surface area contributed by atoms with Gasteiger partial charge in [-0.25, -0.2) is 9.37 Å². The molecule has 5 heteroatoms. The van der Waals surface area contributed by atoms with Crippen molar-refractivity contribution in [1.29, 1.82) is 0 Å². The second kappa shape index (κ2) is 6.39. The number of nitrogens with zero attached hydrogens (tertiary/aromatic N) is 1. The molecule has 0 saturated heterocycles. The molecule has 2 aromatic carbocycles. The molecule has 0 aliphatic heterocycles. The zero-order chi connectivity index (χ0) is 15.4. The molecule has 0 fully saturated rings. The topological polar surface area (TPSA) is 57.8 Å². The number of halogens is 1. The Bertz CT molecular complexity index is 747. The van der Waals surface area contributed by atoms with Gasteiger partial charge in [0.2, 0.25) is 0 Å². The van der Waals surface area contributed by atoms with Crippen molar-refractivity contribution in [2.24, 2.45) is 0 Å². The van der Waals surface area contributed by atoms with Gasteiger partial charge in [-0.15, -0.1) is 0 Å². The number of fused-ring (bicyclic) bond motifs is 1. The Kier molecular flexibility index (Phi) is 4.14. The van der Waals surface area contributed by atoms with Gasteiger partial charge in [-0.05, 0) is 42.8 Å².